The predicted molar refractivity (Wildman–Crippen MR) is 60.7 cm³/mol. The van der Waals surface area contributed by atoms with Gasteiger partial charge in [-0.05, 0) is 32.1 Å². The fourth-order valence-corrected chi connectivity index (χ4v) is 1.09. The number of rotatable bonds is 9. The molecule has 0 saturated heterocycles. The first-order chi connectivity index (χ1) is 7.27. The minimum atomic E-state index is -0.733. The van der Waals surface area contributed by atoms with Crippen molar-refractivity contribution in [2.24, 2.45) is 0 Å². The molecule has 86 valence electrons. The molecule has 0 amide bonds. The molecule has 0 unspecified atom stereocenters. The molecule has 0 aliphatic heterocycles. The highest BCUT2D eigenvalue weighted by Crippen LogP contribution is 1.98. The Morgan fingerprint density at radius 2 is 1.60 bits per heavy atom. The lowest BCUT2D eigenvalue weighted by Crippen LogP contribution is -1.92. The lowest BCUT2D eigenvalue weighted by molar-refractivity contribution is -0.137. The Hall–Kier alpha value is -1.09. The molecule has 0 aliphatic carbocycles. The van der Waals surface area contributed by atoms with Gasteiger partial charge in [0.25, 0.3) is 0 Å². The van der Waals surface area contributed by atoms with Crippen LogP contribution in [0.3, 0.4) is 0 Å². The van der Waals surface area contributed by atoms with E-state index in [-0.39, 0.29) is 13.0 Å². The van der Waals surface area contributed by atoms with E-state index < -0.39 is 5.97 Å². The van der Waals surface area contributed by atoms with Crippen molar-refractivity contribution in [3.8, 4) is 0 Å². The number of aliphatic carboxylic acids is 1. The molecule has 0 fully saturated rings. The zero-order valence-corrected chi connectivity index (χ0v) is 9.06. The minimum absolute atomic E-state index is 0.241. The molecule has 2 N–H and O–H groups in total. The molecule has 0 spiro atoms. The standard InChI is InChI=1S/C12H20O3/c13-11-9-7-5-3-1-2-4-6-8-10-12(14)15/h1-4,13H,5-11H2,(H,14,15)/b3-1+,4-2-. The molecule has 0 radical (unpaired) electrons. The quantitative estimate of drug-likeness (QED) is 0.456. The van der Waals surface area contributed by atoms with Crippen LogP contribution in [0.2, 0.25) is 0 Å². The van der Waals surface area contributed by atoms with E-state index in [2.05, 4.69) is 6.08 Å². The Kier molecular flexibility index (Phi) is 10.2. The highest BCUT2D eigenvalue weighted by Gasteiger charge is 1.92. The fourth-order valence-electron chi connectivity index (χ4n) is 1.09. The van der Waals surface area contributed by atoms with Crippen LogP contribution in [0.15, 0.2) is 24.3 Å². The van der Waals surface area contributed by atoms with E-state index in [1.54, 1.807) is 0 Å². The van der Waals surface area contributed by atoms with E-state index in [4.69, 9.17) is 10.2 Å². The van der Waals surface area contributed by atoms with Crippen molar-refractivity contribution in [1.82, 2.24) is 0 Å². The Balaban J connectivity index is 3.25. The summed E-state index contributed by atoms with van der Waals surface area (Å²) in [5.41, 5.74) is 0. The van der Waals surface area contributed by atoms with Gasteiger partial charge in [0.2, 0.25) is 0 Å². The van der Waals surface area contributed by atoms with Crippen molar-refractivity contribution in [3.63, 3.8) is 0 Å². The Labute approximate surface area is 91.1 Å². The van der Waals surface area contributed by atoms with E-state index in [1.165, 1.54) is 0 Å². The molecule has 3 heteroatoms. The molecule has 0 aromatic carbocycles. The third kappa shape index (κ3) is 12.9. The number of unbranched alkanes of at least 4 members (excludes halogenated alkanes) is 3. The third-order valence-electron chi connectivity index (χ3n) is 1.92. The zero-order valence-electron chi connectivity index (χ0n) is 9.06. The molecule has 0 saturated carbocycles. The average Bonchev–Trinajstić information content (AvgIpc) is 2.20. The molecular weight excluding hydrogens is 192 g/mol. The van der Waals surface area contributed by atoms with Crippen LogP contribution < -0.4 is 0 Å². The molecule has 0 heterocycles. The molecular formula is C12H20O3. The Morgan fingerprint density at radius 1 is 1.00 bits per heavy atom. The smallest absolute Gasteiger partial charge is 0.303 e. The van der Waals surface area contributed by atoms with Gasteiger partial charge in [-0.3, -0.25) is 4.79 Å². The van der Waals surface area contributed by atoms with Gasteiger partial charge in [-0.15, -0.1) is 0 Å². The number of aliphatic hydroxyl groups is 1. The van der Waals surface area contributed by atoms with Crippen molar-refractivity contribution in [3.05, 3.63) is 24.3 Å². The van der Waals surface area contributed by atoms with E-state index in [9.17, 15) is 4.79 Å². The largest absolute Gasteiger partial charge is 0.481 e. The van der Waals surface area contributed by atoms with Gasteiger partial charge in [0, 0.05) is 13.0 Å². The highest BCUT2D eigenvalue weighted by molar-refractivity contribution is 5.66. The second kappa shape index (κ2) is 11.0. The van der Waals surface area contributed by atoms with Gasteiger partial charge >= 0.3 is 5.97 Å². The van der Waals surface area contributed by atoms with Gasteiger partial charge in [-0.1, -0.05) is 24.3 Å². The van der Waals surface area contributed by atoms with Crippen LogP contribution in [-0.2, 0) is 4.79 Å². The molecule has 0 atom stereocenters. The van der Waals surface area contributed by atoms with E-state index in [0.29, 0.717) is 6.42 Å². The second-order valence-corrected chi connectivity index (χ2v) is 3.36. The normalized spacial score (nSPS) is 11.5. The van der Waals surface area contributed by atoms with Gasteiger partial charge in [0.15, 0.2) is 0 Å². The van der Waals surface area contributed by atoms with Crippen LogP contribution in [0.5, 0.6) is 0 Å². The minimum Gasteiger partial charge on any atom is -0.481 e. The summed E-state index contributed by atoms with van der Waals surface area (Å²) in [5, 5.41) is 16.9. The SMILES string of the molecule is O=C(O)CCC/C=C\C=C\CCCCO. The van der Waals surface area contributed by atoms with E-state index in [0.717, 1.165) is 25.7 Å². The van der Waals surface area contributed by atoms with E-state index >= 15 is 0 Å². The molecule has 0 aromatic rings. The third-order valence-corrected chi connectivity index (χ3v) is 1.92. The molecule has 0 aliphatic rings. The van der Waals surface area contributed by atoms with Gasteiger partial charge in [-0.25, -0.2) is 0 Å². The first-order valence-corrected chi connectivity index (χ1v) is 5.41. The molecule has 0 rings (SSSR count). The summed E-state index contributed by atoms with van der Waals surface area (Å²) in [6.07, 6.45) is 12.6. The number of carboxylic acid groups (broad SMARTS) is 1. The predicted octanol–water partition coefficient (Wildman–Crippen LogP) is 2.52. The summed E-state index contributed by atoms with van der Waals surface area (Å²) in [7, 11) is 0. The Morgan fingerprint density at radius 3 is 2.13 bits per heavy atom. The van der Waals surface area contributed by atoms with Crippen LogP contribution in [-0.4, -0.2) is 22.8 Å². The van der Waals surface area contributed by atoms with Gasteiger partial charge in [-0.2, -0.15) is 0 Å². The van der Waals surface area contributed by atoms with Crippen molar-refractivity contribution in [1.29, 1.82) is 0 Å². The average molecular weight is 212 g/mol. The Bertz CT molecular complexity index is 207. The summed E-state index contributed by atoms with van der Waals surface area (Å²) in [4.78, 5) is 10.2. The van der Waals surface area contributed by atoms with Crippen LogP contribution in [0.4, 0.5) is 0 Å². The summed E-state index contributed by atoms with van der Waals surface area (Å²) < 4.78 is 0. The van der Waals surface area contributed by atoms with Crippen LogP contribution >= 0.6 is 0 Å². The number of allylic oxidation sites excluding steroid dienone is 4. The lowest BCUT2D eigenvalue weighted by atomic mass is 10.2. The van der Waals surface area contributed by atoms with Crippen LogP contribution in [0.1, 0.15) is 38.5 Å². The van der Waals surface area contributed by atoms with Crippen molar-refractivity contribution in [2.75, 3.05) is 6.61 Å². The van der Waals surface area contributed by atoms with Gasteiger partial charge in [0.1, 0.15) is 0 Å². The monoisotopic (exact) mass is 212 g/mol. The highest BCUT2D eigenvalue weighted by atomic mass is 16.4. The number of hydrogen-bond acceptors (Lipinski definition) is 2. The topological polar surface area (TPSA) is 57.5 Å². The van der Waals surface area contributed by atoms with Crippen LogP contribution in [0, 0.1) is 0 Å². The number of hydrogen-bond donors (Lipinski definition) is 2. The molecule has 15 heavy (non-hydrogen) atoms. The summed E-state index contributed by atoms with van der Waals surface area (Å²) in [6.45, 7) is 0.263. The number of carbonyl (C=O) groups is 1. The maximum atomic E-state index is 10.2. The van der Waals surface area contributed by atoms with Gasteiger partial charge < -0.3 is 10.2 Å². The van der Waals surface area contributed by atoms with E-state index in [1.807, 2.05) is 18.2 Å². The maximum Gasteiger partial charge on any atom is 0.303 e. The molecule has 3 nitrogen and oxygen atoms in total. The lowest BCUT2D eigenvalue weighted by Gasteiger charge is -1.90. The van der Waals surface area contributed by atoms with Crippen molar-refractivity contribution in [2.45, 2.75) is 38.5 Å². The zero-order chi connectivity index (χ0) is 11.4. The van der Waals surface area contributed by atoms with Crippen LogP contribution in [0.25, 0.3) is 0 Å². The summed E-state index contributed by atoms with van der Waals surface area (Å²) in [5.74, 6) is -0.733. The second-order valence-electron chi connectivity index (χ2n) is 3.36. The number of carboxylic acids is 1. The fraction of sp³-hybridized carbons (Fsp3) is 0.583. The molecule has 0 bridgehead atoms. The maximum absolute atomic E-state index is 10.2. The first-order valence-electron chi connectivity index (χ1n) is 5.41. The summed E-state index contributed by atoms with van der Waals surface area (Å²) >= 11 is 0. The van der Waals surface area contributed by atoms with Gasteiger partial charge in [0.05, 0.1) is 0 Å². The van der Waals surface area contributed by atoms with Crippen molar-refractivity contribution >= 4 is 5.97 Å². The first kappa shape index (κ1) is 13.9. The van der Waals surface area contributed by atoms with Crippen molar-refractivity contribution < 1.29 is 15.0 Å². The number of aliphatic hydroxyl groups excluding tert-OH is 1. The molecule has 0 aromatic heterocycles. The summed E-state index contributed by atoms with van der Waals surface area (Å²) in [6, 6.07) is 0.